The summed E-state index contributed by atoms with van der Waals surface area (Å²) in [6, 6.07) is 19.3. The van der Waals surface area contributed by atoms with Crippen LogP contribution in [0, 0.1) is 0 Å². The average Bonchev–Trinajstić information content (AvgIpc) is 2.49. The van der Waals surface area contributed by atoms with Crippen LogP contribution >= 0.6 is 11.6 Å². The first-order valence-electron chi connectivity index (χ1n) is 5.85. The molecule has 0 aliphatic heterocycles. The zero-order valence-corrected chi connectivity index (χ0v) is 10.7. The summed E-state index contributed by atoms with van der Waals surface area (Å²) in [7, 11) is 0. The van der Waals surface area contributed by atoms with Crippen LogP contribution in [0.5, 0.6) is 0 Å². The van der Waals surface area contributed by atoms with E-state index in [4.69, 9.17) is 11.6 Å². The lowest BCUT2D eigenvalue weighted by Crippen LogP contribution is -1.94. The lowest BCUT2D eigenvalue weighted by atomic mass is 10.1. The van der Waals surface area contributed by atoms with Crippen LogP contribution in [-0.4, -0.2) is 15.4 Å². The van der Waals surface area contributed by atoms with Crippen LogP contribution in [0.15, 0.2) is 60.7 Å². The maximum atomic E-state index is 6.17. The van der Waals surface area contributed by atoms with Gasteiger partial charge in [-0.2, -0.15) is 0 Å². The van der Waals surface area contributed by atoms with E-state index in [9.17, 15) is 0 Å². The molecule has 3 aromatic rings. The normalized spacial score (nSPS) is 10.4. The second-order valence-corrected chi connectivity index (χ2v) is 4.46. The third-order valence-corrected chi connectivity index (χ3v) is 3.13. The van der Waals surface area contributed by atoms with Crippen molar-refractivity contribution in [3.8, 4) is 22.5 Å². The molecule has 3 rings (SSSR count). The third-order valence-electron chi connectivity index (χ3n) is 2.80. The Morgan fingerprint density at radius 3 is 2.21 bits per heavy atom. The summed E-state index contributed by atoms with van der Waals surface area (Å²) in [5.41, 5.74) is 3.37. The molecule has 0 fully saturated rings. The van der Waals surface area contributed by atoms with E-state index in [-0.39, 0.29) is 0 Å². The van der Waals surface area contributed by atoms with Crippen molar-refractivity contribution in [1.29, 1.82) is 0 Å². The highest BCUT2D eigenvalue weighted by atomic mass is 35.5. The predicted octanol–water partition coefficient (Wildman–Crippen LogP) is 3.86. The van der Waals surface area contributed by atoms with E-state index in [0.29, 0.717) is 5.02 Å². The van der Waals surface area contributed by atoms with Gasteiger partial charge in [-0.25, -0.2) is 0 Å². The van der Waals surface area contributed by atoms with Gasteiger partial charge in [-0.15, -0.1) is 10.2 Å². The van der Waals surface area contributed by atoms with E-state index in [0.717, 1.165) is 22.5 Å². The van der Waals surface area contributed by atoms with Crippen LogP contribution in [0.2, 0.25) is 5.02 Å². The maximum absolute atomic E-state index is 6.17. The lowest BCUT2D eigenvalue weighted by molar-refractivity contribution is 0.876. The van der Waals surface area contributed by atoms with Crippen LogP contribution in [0.4, 0.5) is 0 Å². The molecule has 0 aliphatic carbocycles. The number of rotatable bonds is 2. The molecule has 0 radical (unpaired) electrons. The number of hydrogen-bond donors (Lipinski definition) is 0. The molecule has 19 heavy (non-hydrogen) atoms. The van der Waals surface area contributed by atoms with Crippen molar-refractivity contribution in [3.63, 3.8) is 0 Å². The van der Waals surface area contributed by atoms with Gasteiger partial charge in [0.05, 0.1) is 16.4 Å². The molecule has 0 spiro atoms. The second-order valence-electron chi connectivity index (χ2n) is 4.05. The zero-order valence-electron chi connectivity index (χ0n) is 9.99. The molecule has 0 bridgehead atoms. The highest BCUT2D eigenvalue weighted by Gasteiger charge is 2.07. The Hall–Kier alpha value is -2.26. The number of aromatic nitrogens is 3. The van der Waals surface area contributed by atoms with Gasteiger partial charge in [0, 0.05) is 11.1 Å². The fraction of sp³-hybridized carbons (Fsp3) is 0. The van der Waals surface area contributed by atoms with Gasteiger partial charge < -0.3 is 0 Å². The molecule has 1 aromatic heterocycles. The van der Waals surface area contributed by atoms with Crippen molar-refractivity contribution >= 4 is 11.6 Å². The van der Waals surface area contributed by atoms with E-state index in [1.807, 2.05) is 60.7 Å². The quantitative estimate of drug-likeness (QED) is 0.708. The first-order chi connectivity index (χ1) is 9.34. The Morgan fingerprint density at radius 1 is 0.737 bits per heavy atom. The predicted molar refractivity (Wildman–Crippen MR) is 75.7 cm³/mol. The van der Waals surface area contributed by atoms with Crippen molar-refractivity contribution in [2.24, 2.45) is 0 Å². The van der Waals surface area contributed by atoms with Crippen LogP contribution < -0.4 is 0 Å². The molecule has 92 valence electrons. The van der Waals surface area contributed by atoms with Gasteiger partial charge >= 0.3 is 0 Å². The van der Waals surface area contributed by atoms with E-state index in [2.05, 4.69) is 15.4 Å². The molecule has 0 aliphatic rings. The summed E-state index contributed by atoms with van der Waals surface area (Å²) < 4.78 is 0. The molecule has 0 saturated carbocycles. The molecule has 0 atom stereocenters. The highest BCUT2D eigenvalue weighted by molar-refractivity contribution is 6.33. The maximum Gasteiger partial charge on any atom is 0.0984 e. The molecule has 1 heterocycles. The van der Waals surface area contributed by atoms with E-state index in [1.165, 1.54) is 0 Å². The second kappa shape index (κ2) is 5.16. The monoisotopic (exact) mass is 267 g/mol. The van der Waals surface area contributed by atoms with Gasteiger partial charge in [-0.1, -0.05) is 60.1 Å². The molecular formula is C15H10ClN3. The average molecular weight is 268 g/mol. The van der Waals surface area contributed by atoms with E-state index in [1.54, 1.807) is 0 Å². The van der Waals surface area contributed by atoms with Crippen molar-refractivity contribution in [3.05, 3.63) is 65.7 Å². The summed E-state index contributed by atoms with van der Waals surface area (Å²) in [6.45, 7) is 0. The zero-order chi connectivity index (χ0) is 13.1. The Labute approximate surface area is 115 Å². The fourth-order valence-electron chi connectivity index (χ4n) is 1.86. The summed E-state index contributed by atoms with van der Waals surface area (Å²) >= 11 is 6.17. The Balaban J connectivity index is 2.09. The summed E-state index contributed by atoms with van der Waals surface area (Å²) in [5.74, 6) is 0. The molecule has 4 heteroatoms. The number of benzene rings is 2. The molecule has 0 amide bonds. The molecule has 0 N–H and O–H groups in total. The van der Waals surface area contributed by atoms with Crippen LogP contribution in [0.3, 0.4) is 0 Å². The van der Waals surface area contributed by atoms with Gasteiger partial charge in [0.1, 0.15) is 0 Å². The number of halogens is 1. The van der Waals surface area contributed by atoms with Crippen molar-refractivity contribution in [2.45, 2.75) is 0 Å². The van der Waals surface area contributed by atoms with Crippen molar-refractivity contribution < 1.29 is 0 Å². The summed E-state index contributed by atoms with van der Waals surface area (Å²) in [6.07, 6.45) is 0. The minimum Gasteiger partial charge on any atom is -0.130 e. The first-order valence-corrected chi connectivity index (χ1v) is 6.23. The first kappa shape index (κ1) is 11.8. The SMILES string of the molecule is Clc1ccccc1-c1cc(-c2ccccc2)nnn1. The summed E-state index contributed by atoms with van der Waals surface area (Å²) in [5, 5.41) is 12.6. The van der Waals surface area contributed by atoms with Gasteiger partial charge in [-0.05, 0) is 17.3 Å². The summed E-state index contributed by atoms with van der Waals surface area (Å²) in [4.78, 5) is 0. The Bertz CT molecular complexity index is 699. The van der Waals surface area contributed by atoms with Crippen LogP contribution in [-0.2, 0) is 0 Å². The Morgan fingerprint density at radius 2 is 1.42 bits per heavy atom. The largest absolute Gasteiger partial charge is 0.130 e. The van der Waals surface area contributed by atoms with Gasteiger partial charge in [0.2, 0.25) is 0 Å². The van der Waals surface area contributed by atoms with Gasteiger partial charge in [-0.3, -0.25) is 0 Å². The minimum atomic E-state index is 0.655. The number of hydrogen-bond acceptors (Lipinski definition) is 3. The van der Waals surface area contributed by atoms with Gasteiger partial charge in [0.25, 0.3) is 0 Å². The smallest absolute Gasteiger partial charge is 0.0984 e. The van der Waals surface area contributed by atoms with Gasteiger partial charge in [0.15, 0.2) is 0 Å². The van der Waals surface area contributed by atoms with Crippen LogP contribution in [0.25, 0.3) is 22.5 Å². The van der Waals surface area contributed by atoms with Crippen molar-refractivity contribution in [1.82, 2.24) is 15.4 Å². The molecular weight excluding hydrogens is 258 g/mol. The Kier molecular flexibility index (Phi) is 3.21. The van der Waals surface area contributed by atoms with E-state index < -0.39 is 0 Å². The highest BCUT2D eigenvalue weighted by Crippen LogP contribution is 2.27. The molecule has 2 aromatic carbocycles. The van der Waals surface area contributed by atoms with Crippen molar-refractivity contribution in [2.75, 3.05) is 0 Å². The lowest BCUT2D eigenvalue weighted by Gasteiger charge is -2.04. The molecule has 3 nitrogen and oxygen atoms in total. The standard InChI is InChI=1S/C15H10ClN3/c16-13-9-5-4-8-12(13)15-10-14(17-19-18-15)11-6-2-1-3-7-11/h1-10H. The fourth-order valence-corrected chi connectivity index (χ4v) is 2.09. The van der Waals surface area contributed by atoms with Crippen LogP contribution in [0.1, 0.15) is 0 Å². The van der Waals surface area contributed by atoms with E-state index >= 15 is 0 Å². The topological polar surface area (TPSA) is 38.7 Å². The number of nitrogens with zero attached hydrogens (tertiary/aromatic N) is 3. The third kappa shape index (κ3) is 2.46. The molecule has 0 unspecified atom stereocenters. The molecule has 0 saturated heterocycles. The minimum absolute atomic E-state index is 0.655.